The van der Waals surface area contributed by atoms with Crippen LogP contribution in [0.15, 0.2) is 152 Å². The molecule has 0 spiro atoms. The molecule has 1 heterocycles. The zero-order valence-corrected chi connectivity index (χ0v) is 23.3. The number of nitriles is 1. The van der Waals surface area contributed by atoms with E-state index in [1.165, 1.54) is 16.2 Å². The fourth-order valence-corrected chi connectivity index (χ4v) is 6.12. The summed E-state index contributed by atoms with van der Waals surface area (Å²) in [5.41, 5.74) is 9.27. The average molecular weight is 548 g/mol. The summed E-state index contributed by atoms with van der Waals surface area (Å²) in [4.78, 5) is 5.14. The van der Waals surface area contributed by atoms with Crippen molar-refractivity contribution in [2.75, 3.05) is 0 Å². The van der Waals surface area contributed by atoms with Gasteiger partial charge in [0.15, 0.2) is 0 Å². The molecule has 8 rings (SSSR count). The van der Waals surface area contributed by atoms with Crippen LogP contribution in [0.25, 0.3) is 71.9 Å². The standard InChI is InChI=1S/C40H25N3/c41-26-27-18-20-28(21-19-27)35-24-33(22-32-14-6-7-15-34(32)35)36-23-30-12-4-5-13-31(30)25-39(36)43-38-17-9-8-16-37(38)42-40(43)29-10-2-1-3-11-29/h1-25H. The lowest BCUT2D eigenvalue weighted by Crippen LogP contribution is -2.01. The van der Waals surface area contributed by atoms with Gasteiger partial charge in [0, 0.05) is 11.1 Å². The smallest absolute Gasteiger partial charge is 0.145 e. The molecule has 200 valence electrons. The molecular weight excluding hydrogens is 522 g/mol. The molecule has 0 saturated carbocycles. The van der Waals surface area contributed by atoms with Crippen LogP contribution in [0, 0.1) is 11.3 Å². The molecule has 0 atom stereocenters. The van der Waals surface area contributed by atoms with Gasteiger partial charge in [-0.3, -0.25) is 4.57 Å². The molecule has 0 saturated heterocycles. The minimum Gasteiger partial charge on any atom is -0.292 e. The molecular formula is C40H25N3. The summed E-state index contributed by atoms with van der Waals surface area (Å²) in [6.45, 7) is 0. The van der Waals surface area contributed by atoms with E-state index in [4.69, 9.17) is 4.98 Å². The van der Waals surface area contributed by atoms with Crippen molar-refractivity contribution in [3.8, 4) is 45.4 Å². The first-order valence-electron chi connectivity index (χ1n) is 14.4. The van der Waals surface area contributed by atoms with Crippen molar-refractivity contribution in [3.63, 3.8) is 0 Å². The molecule has 0 aliphatic rings. The molecule has 0 bridgehead atoms. The Morgan fingerprint density at radius 2 is 1.19 bits per heavy atom. The van der Waals surface area contributed by atoms with Crippen LogP contribution in [0.4, 0.5) is 0 Å². The lowest BCUT2D eigenvalue weighted by molar-refractivity contribution is 1.11. The number of para-hydroxylation sites is 2. The second kappa shape index (κ2) is 10.1. The monoisotopic (exact) mass is 547 g/mol. The third-order valence-electron chi connectivity index (χ3n) is 8.20. The second-order valence-corrected chi connectivity index (χ2v) is 10.8. The zero-order chi connectivity index (χ0) is 28.8. The van der Waals surface area contributed by atoms with E-state index in [9.17, 15) is 5.26 Å². The molecule has 43 heavy (non-hydrogen) atoms. The van der Waals surface area contributed by atoms with Crippen molar-refractivity contribution in [1.29, 1.82) is 5.26 Å². The average Bonchev–Trinajstić information content (AvgIpc) is 3.47. The summed E-state index contributed by atoms with van der Waals surface area (Å²) in [5.74, 6) is 0.909. The Labute approximate surface area is 249 Å². The van der Waals surface area contributed by atoms with Gasteiger partial charge in [0.1, 0.15) is 5.82 Å². The van der Waals surface area contributed by atoms with Crippen LogP contribution in [0.1, 0.15) is 5.56 Å². The number of aromatic nitrogens is 2. The van der Waals surface area contributed by atoms with Gasteiger partial charge < -0.3 is 0 Å². The van der Waals surface area contributed by atoms with E-state index in [-0.39, 0.29) is 0 Å². The lowest BCUT2D eigenvalue weighted by Gasteiger charge is -2.18. The number of imidazole rings is 1. The van der Waals surface area contributed by atoms with E-state index in [2.05, 4.69) is 126 Å². The number of hydrogen-bond acceptors (Lipinski definition) is 2. The first-order chi connectivity index (χ1) is 21.3. The van der Waals surface area contributed by atoms with E-state index in [1.54, 1.807) is 0 Å². The number of benzene rings is 7. The van der Waals surface area contributed by atoms with Gasteiger partial charge in [-0.1, -0.05) is 103 Å². The number of nitrogens with zero attached hydrogens (tertiary/aromatic N) is 3. The highest BCUT2D eigenvalue weighted by atomic mass is 15.1. The minimum absolute atomic E-state index is 0.654. The fraction of sp³-hybridized carbons (Fsp3) is 0. The minimum atomic E-state index is 0.654. The van der Waals surface area contributed by atoms with Gasteiger partial charge in [0.05, 0.1) is 28.4 Å². The summed E-state index contributed by atoms with van der Waals surface area (Å²) in [6, 6.07) is 55.1. The predicted molar refractivity (Wildman–Crippen MR) is 177 cm³/mol. The van der Waals surface area contributed by atoms with Gasteiger partial charge in [-0.05, 0) is 86.8 Å². The summed E-state index contributed by atoms with van der Waals surface area (Å²) in [6.07, 6.45) is 0. The molecule has 0 aliphatic carbocycles. The normalized spacial score (nSPS) is 11.2. The maximum atomic E-state index is 9.39. The van der Waals surface area contributed by atoms with Crippen molar-refractivity contribution in [2.45, 2.75) is 0 Å². The second-order valence-electron chi connectivity index (χ2n) is 10.8. The van der Waals surface area contributed by atoms with Crippen LogP contribution in [0.5, 0.6) is 0 Å². The maximum Gasteiger partial charge on any atom is 0.145 e. The SMILES string of the molecule is N#Cc1ccc(-c2cc(-c3cc4ccccc4cc3-n3c(-c4ccccc4)nc4ccccc43)cc3ccccc23)cc1. The summed E-state index contributed by atoms with van der Waals surface area (Å²) < 4.78 is 2.31. The number of hydrogen-bond donors (Lipinski definition) is 0. The molecule has 0 N–H and O–H groups in total. The van der Waals surface area contributed by atoms with E-state index in [0.29, 0.717) is 5.56 Å². The van der Waals surface area contributed by atoms with Crippen LogP contribution < -0.4 is 0 Å². The van der Waals surface area contributed by atoms with Gasteiger partial charge in [-0.25, -0.2) is 4.98 Å². The summed E-state index contributed by atoms with van der Waals surface area (Å²) >= 11 is 0. The van der Waals surface area contributed by atoms with Crippen molar-refractivity contribution < 1.29 is 0 Å². The Balaban J connectivity index is 1.47. The van der Waals surface area contributed by atoms with Crippen LogP contribution in [-0.2, 0) is 0 Å². The Hall–Kier alpha value is -5.98. The van der Waals surface area contributed by atoms with Gasteiger partial charge in [-0.2, -0.15) is 5.26 Å². The molecule has 8 aromatic rings. The van der Waals surface area contributed by atoms with Crippen LogP contribution in [0.3, 0.4) is 0 Å². The molecule has 0 radical (unpaired) electrons. The zero-order valence-electron chi connectivity index (χ0n) is 23.3. The van der Waals surface area contributed by atoms with Crippen LogP contribution >= 0.6 is 0 Å². The highest BCUT2D eigenvalue weighted by Crippen LogP contribution is 2.40. The molecule has 1 aromatic heterocycles. The number of rotatable bonds is 4. The van der Waals surface area contributed by atoms with Crippen LogP contribution in [-0.4, -0.2) is 9.55 Å². The Morgan fingerprint density at radius 1 is 0.512 bits per heavy atom. The van der Waals surface area contributed by atoms with Crippen molar-refractivity contribution in [2.24, 2.45) is 0 Å². The Kier molecular flexibility index (Phi) is 5.84. The van der Waals surface area contributed by atoms with Crippen molar-refractivity contribution in [1.82, 2.24) is 9.55 Å². The van der Waals surface area contributed by atoms with Gasteiger partial charge in [-0.15, -0.1) is 0 Å². The van der Waals surface area contributed by atoms with Crippen LogP contribution in [0.2, 0.25) is 0 Å². The van der Waals surface area contributed by atoms with Crippen molar-refractivity contribution in [3.05, 3.63) is 157 Å². The predicted octanol–water partition coefficient (Wildman–Crippen LogP) is 10.2. The first kappa shape index (κ1) is 24.8. The Morgan fingerprint density at radius 3 is 1.98 bits per heavy atom. The quantitative estimate of drug-likeness (QED) is 0.220. The summed E-state index contributed by atoms with van der Waals surface area (Å²) in [5, 5.41) is 14.1. The third-order valence-corrected chi connectivity index (χ3v) is 8.20. The van der Waals surface area contributed by atoms with Gasteiger partial charge in [0.25, 0.3) is 0 Å². The van der Waals surface area contributed by atoms with E-state index in [0.717, 1.165) is 55.7 Å². The molecule has 3 heteroatoms. The highest BCUT2D eigenvalue weighted by Gasteiger charge is 2.19. The Bertz CT molecular complexity index is 2340. The number of fused-ring (bicyclic) bond motifs is 3. The highest BCUT2D eigenvalue weighted by molar-refractivity contribution is 6.02. The molecule has 3 nitrogen and oxygen atoms in total. The van der Waals surface area contributed by atoms with E-state index < -0.39 is 0 Å². The van der Waals surface area contributed by atoms with E-state index in [1.807, 2.05) is 36.4 Å². The maximum absolute atomic E-state index is 9.39. The summed E-state index contributed by atoms with van der Waals surface area (Å²) in [7, 11) is 0. The first-order valence-corrected chi connectivity index (χ1v) is 14.4. The molecule has 0 aliphatic heterocycles. The molecule has 7 aromatic carbocycles. The molecule has 0 amide bonds. The van der Waals surface area contributed by atoms with Crippen molar-refractivity contribution >= 4 is 32.6 Å². The topological polar surface area (TPSA) is 41.6 Å². The lowest BCUT2D eigenvalue weighted by atomic mass is 9.91. The van der Waals surface area contributed by atoms with E-state index >= 15 is 0 Å². The largest absolute Gasteiger partial charge is 0.292 e. The third kappa shape index (κ3) is 4.25. The molecule has 0 unspecified atom stereocenters. The fourth-order valence-electron chi connectivity index (χ4n) is 6.12. The van der Waals surface area contributed by atoms with Gasteiger partial charge in [0.2, 0.25) is 0 Å². The molecule has 0 fully saturated rings. The van der Waals surface area contributed by atoms with Gasteiger partial charge >= 0.3 is 0 Å².